The summed E-state index contributed by atoms with van der Waals surface area (Å²) in [4.78, 5) is 0. The second kappa shape index (κ2) is 5.72. The van der Waals surface area contributed by atoms with Crippen LogP contribution in [0.5, 0.6) is 5.75 Å². The number of allylic oxidation sites excluding steroid dienone is 2. The molecule has 70 heavy (non-hydrogen) atoms. The van der Waals surface area contributed by atoms with Crippen LogP contribution in [0.1, 0.15) is 27.8 Å². The van der Waals surface area contributed by atoms with E-state index in [2.05, 4.69) is 30.3 Å². The van der Waals surface area contributed by atoms with Crippen LogP contribution in [0.15, 0.2) is 30.3 Å². The number of rotatable bonds is 2. The molecule has 0 aliphatic heterocycles. The number of methoxy groups -OCH3 is 1. The normalized spacial score (nSPS) is 22.3. The summed E-state index contributed by atoms with van der Waals surface area (Å²) in [5.41, 5.74) is 9.18. The minimum atomic E-state index is -0.340. The summed E-state index contributed by atoms with van der Waals surface area (Å²) in [6.45, 7) is 0. The predicted octanol–water partition coefficient (Wildman–Crippen LogP) is 18.4. The summed E-state index contributed by atoms with van der Waals surface area (Å²) in [5.74, 6) is 0.941. The van der Waals surface area contributed by atoms with Crippen molar-refractivity contribution in [3.63, 3.8) is 0 Å². The maximum Gasteiger partial charge on any atom is 0.118 e. The van der Waals surface area contributed by atoms with Crippen LogP contribution < -0.4 is 4.74 Å². The molecule has 29 aromatic carbocycles. The zero-order valence-corrected chi connectivity index (χ0v) is 35.8. The van der Waals surface area contributed by atoms with Gasteiger partial charge in [0.05, 0.1) is 17.9 Å². The number of benzene rings is 19. The van der Waals surface area contributed by atoms with Gasteiger partial charge < -0.3 is 4.74 Å². The molecular weight excluding hydrogens is 845 g/mol. The van der Waals surface area contributed by atoms with Crippen molar-refractivity contribution in [1.82, 2.24) is 0 Å². The SMILES string of the molecule is COc1ccc(C2=CC34c5c6c7c8c9c%10c(c%11c%12c3c3c5c5c%13c6c6c7c7c9c9c%14c%10c%10c%11c%11c%12c%12c3c3c5c5c%13c%13c6c6c7c9c7c9c%14c%10c%10c%11c%11c%12c3c3c5c5c%13c6c7c6c9c%10c%11c3c56)C284)cc1. The van der Waals surface area contributed by atoms with E-state index in [0.717, 1.165) is 5.75 Å². The highest BCUT2D eigenvalue weighted by Crippen LogP contribution is 2.88. The topological polar surface area (TPSA) is 9.23 Å². The van der Waals surface area contributed by atoms with Crippen LogP contribution in [0.25, 0.3) is 296 Å². The fourth-order valence-corrected chi connectivity index (χ4v) is 25.4. The van der Waals surface area contributed by atoms with E-state index in [1.807, 2.05) is 7.11 Å². The monoisotopic (exact) mass is 852 g/mol. The molecule has 1 heteroatoms. The molecule has 0 N–H and O–H groups in total. The van der Waals surface area contributed by atoms with Gasteiger partial charge in [0.1, 0.15) is 5.75 Å². The average Bonchev–Trinajstić information content (AvgIpc) is 4.37. The van der Waals surface area contributed by atoms with E-state index in [0.29, 0.717) is 0 Å². The van der Waals surface area contributed by atoms with E-state index < -0.39 is 0 Å². The van der Waals surface area contributed by atoms with Gasteiger partial charge >= 0.3 is 0 Å². The van der Waals surface area contributed by atoms with Crippen LogP contribution in [0, 0.1) is 0 Å². The van der Waals surface area contributed by atoms with E-state index in [4.69, 9.17) is 4.74 Å². The highest BCUT2D eigenvalue weighted by molar-refractivity contribution is 6.82. The molecule has 0 aromatic heterocycles. The maximum absolute atomic E-state index is 5.92. The van der Waals surface area contributed by atoms with Crippen molar-refractivity contribution in [1.29, 1.82) is 0 Å². The Morgan fingerprint density at radius 2 is 0.414 bits per heavy atom. The Labute approximate surface area is 381 Å². The minimum Gasteiger partial charge on any atom is -0.497 e. The van der Waals surface area contributed by atoms with Crippen LogP contribution in [0.2, 0.25) is 0 Å². The third kappa shape index (κ3) is 1.31. The summed E-state index contributed by atoms with van der Waals surface area (Å²) in [5, 5.41) is 89.5. The number of hydrogen-bond acceptors (Lipinski definition) is 1. The molecule has 5 aliphatic rings. The lowest BCUT2D eigenvalue weighted by Gasteiger charge is -2.61. The summed E-state index contributed by atoms with van der Waals surface area (Å²) in [6, 6.07) is 9.38. The van der Waals surface area contributed by atoms with Gasteiger partial charge in [0.15, 0.2) is 0 Å². The molecule has 1 nitrogen and oxygen atoms in total. The molecule has 0 unspecified atom stereocenters. The second-order valence-corrected chi connectivity index (χ2v) is 25.6. The molecule has 0 amide bonds. The Kier molecular flexibility index (Phi) is 2.09. The molecule has 0 bridgehead atoms. The molecule has 0 fully saturated rings. The van der Waals surface area contributed by atoms with E-state index in [-0.39, 0.29) is 10.8 Å². The first kappa shape index (κ1) is 25.5. The van der Waals surface area contributed by atoms with Crippen LogP contribution in [-0.4, -0.2) is 7.11 Å². The highest BCUT2D eigenvalue weighted by Gasteiger charge is 2.74. The van der Waals surface area contributed by atoms with Crippen LogP contribution in [0.4, 0.5) is 0 Å². The molecule has 0 atom stereocenters. The first-order valence-electron chi connectivity index (χ1n) is 26.0. The van der Waals surface area contributed by atoms with Gasteiger partial charge in [-0.2, -0.15) is 0 Å². The van der Waals surface area contributed by atoms with Crippen molar-refractivity contribution in [3.8, 4) is 5.75 Å². The van der Waals surface area contributed by atoms with Gasteiger partial charge in [-0.25, -0.2) is 0 Å². The van der Waals surface area contributed by atoms with E-state index in [9.17, 15) is 0 Å². The van der Waals surface area contributed by atoms with E-state index in [1.165, 1.54) is 5.56 Å². The lowest BCUT2D eigenvalue weighted by molar-refractivity contribution is 0.414. The van der Waals surface area contributed by atoms with Crippen molar-refractivity contribution in [2.45, 2.75) is 10.8 Å². The second-order valence-electron chi connectivity index (χ2n) is 25.6. The minimum absolute atomic E-state index is 0.298. The largest absolute Gasteiger partial charge is 0.497 e. The van der Waals surface area contributed by atoms with Crippen molar-refractivity contribution in [3.05, 3.63) is 58.2 Å². The Bertz CT molecular complexity index is 7260. The molecule has 29 aromatic rings. The van der Waals surface area contributed by atoms with Crippen LogP contribution >= 0.6 is 0 Å². The smallest absolute Gasteiger partial charge is 0.118 e. The number of ether oxygens (including phenoxy) is 1. The number of hydrogen-bond donors (Lipinski definition) is 0. The average molecular weight is 853 g/mol. The molecular formula is C69H8O. The van der Waals surface area contributed by atoms with Crippen molar-refractivity contribution < 1.29 is 4.74 Å². The van der Waals surface area contributed by atoms with Gasteiger partial charge in [-0.1, -0.05) is 18.2 Å². The molecule has 2 spiro atoms. The van der Waals surface area contributed by atoms with Crippen LogP contribution in [-0.2, 0) is 10.8 Å². The Hall–Kier alpha value is -8.78. The summed E-state index contributed by atoms with van der Waals surface area (Å²) in [7, 11) is 1.83. The Morgan fingerprint density at radius 1 is 0.229 bits per heavy atom. The Morgan fingerprint density at radius 3 is 0.614 bits per heavy atom. The maximum atomic E-state index is 5.92. The molecule has 0 saturated carbocycles. The summed E-state index contributed by atoms with van der Waals surface area (Å²) >= 11 is 0. The van der Waals surface area contributed by atoms with E-state index in [1.54, 1.807) is 319 Å². The molecule has 0 radical (unpaired) electrons. The third-order valence-corrected chi connectivity index (χ3v) is 25.5. The fourth-order valence-electron chi connectivity index (χ4n) is 25.4. The molecule has 0 saturated heterocycles. The highest BCUT2D eigenvalue weighted by atomic mass is 16.5. The van der Waals surface area contributed by atoms with Gasteiger partial charge in [0.2, 0.25) is 0 Å². The summed E-state index contributed by atoms with van der Waals surface area (Å²) < 4.78 is 5.92. The Balaban J connectivity index is 1.17. The molecule has 5 aliphatic carbocycles. The molecule has 34 rings (SSSR count). The molecule has 290 valence electrons. The van der Waals surface area contributed by atoms with E-state index >= 15 is 0 Å². The first-order valence-corrected chi connectivity index (χ1v) is 26.0. The zero-order valence-electron chi connectivity index (χ0n) is 35.8. The van der Waals surface area contributed by atoms with Gasteiger partial charge in [0, 0.05) is 0 Å². The van der Waals surface area contributed by atoms with Crippen molar-refractivity contribution in [2.75, 3.05) is 7.11 Å². The standard InChI is InChI=1S/C69H8O/c1-70-8-4-2-7(3-5-8)9-6-68-64-56-48-38-28-20-12-10-11-14-18-16(12)24-32-26(18)36-30-22(14)23-15(11)19-17-13(10)21(20)29-35-25(17)33-27(19)37-31(23)41-40(30)52-46(36)54-44(32)50(42(48)34(24)28)58(64)60(54)66-62(52)63-53(41)47(37)55-45(33)51-43(35)49(39(29)38)57(56)65(68)59(51)61(55)67(63)69(9,66)68/h2-6H,1H3. The van der Waals surface area contributed by atoms with Crippen LogP contribution in [0.3, 0.4) is 0 Å². The quantitative estimate of drug-likeness (QED) is 0.157. The van der Waals surface area contributed by atoms with Gasteiger partial charge in [-0.15, -0.1) is 0 Å². The lowest BCUT2D eigenvalue weighted by Crippen LogP contribution is -2.57. The predicted molar refractivity (Wildman–Crippen MR) is 295 cm³/mol. The first-order chi connectivity index (χ1) is 34.9. The van der Waals surface area contributed by atoms with Gasteiger partial charge in [-0.3, -0.25) is 0 Å². The fraction of sp³-hybridized carbons (Fsp3) is 0.0435. The molecule has 0 heterocycles. The van der Waals surface area contributed by atoms with Gasteiger partial charge in [-0.05, 0) is 336 Å². The third-order valence-electron chi connectivity index (χ3n) is 25.5. The lowest BCUT2D eigenvalue weighted by atomic mass is 9.39. The zero-order chi connectivity index (χ0) is 41.5. The van der Waals surface area contributed by atoms with Crippen molar-refractivity contribution in [2.24, 2.45) is 0 Å². The van der Waals surface area contributed by atoms with Gasteiger partial charge in [0.25, 0.3) is 0 Å². The van der Waals surface area contributed by atoms with Crippen molar-refractivity contribution >= 4 is 296 Å². The summed E-state index contributed by atoms with van der Waals surface area (Å²) in [6.07, 6.45) is 2.93.